The molecule has 2 nitrogen and oxygen atoms in total. The van der Waals surface area contributed by atoms with E-state index in [2.05, 4.69) is 0 Å². The molecule has 0 radical (unpaired) electrons. The van der Waals surface area contributed by atoms with Gasteiger partial charge in [-0.25, -0.2) is 4.39 Å². The van der Waals surface area contributed by atoms with Gasteiger partial charge >= 0.3 is 0 Å². The Morgan fingerprint density at radius 2 is 2.06 bits per heavy atom. The average Bonchev–Trinajstić information content (AvgIpc) is 2.29. The van der Waals surface area contributed by atoms with Crippen molar-refractivity contribution in [3.63, 3.8) is 0 Å². The monoisotopic (exact) mass is 223 g/mol. The predicted molar refractivity (Wildman–Crippen MR) is 64.5 cm³/mol. The second-order valence-corrected chi connectivity index (χ2v) is 3.68. The molecule has 88 valence electrons. The fourth-order valence-electron chi connectivity index (χ4n) is 1.50. The van der Waals surface area contributed by atoms with Gasteiger partial charge in [-0.1, -0.05) is 18.2 Å². The van der Waals surface area contributed by atoms with E-state index in [1.54, 1.807) is 19.2 Å². The van der Waals surface area contributed by atoms with E-state index in [1.807, 2.05) is 6.08 Å². The van der Waals surface area contributed by atoms with Gasteiger partial charge in [0.05, 0.1) is 6.61 Å². The summed E-state index contributed by atoms with van der Waals surface area (Å²) in [5, 5.41) is 0. The molecule has 16 heavy (non-hydrogen) atoms. The summed E-state index contributed by atoms with van der Waals surface area (Å²) in [6, 6.07) is 6.43. The number of hydrogen-bond acceptors (Lipinski definition) is 2. The zero-order chi connectivity index (χ0) is 11.8. The Morgan fingerprint density at radius 1 is 1.38 bits per heavy atom. The maximum absolute atomic E-state index is 12.7. The van der Waals surface area contributed by atoms with E-state index in [-0.39, 0.29) is 5.82 Å². The topological polar surface area (TPSA) is 35.2 Å². The summed E-state index contributed by atoms with van der Waals surface area (Å²) < 4.78 is 17.8. The summed E-state index contributed by atoms with van der Waals surface area (Å²) in [5.74, 6) is -0.215. The fourth-order valence-corrected chi connectivity index (χ4v) is 1.50. The van der Waals surface area contributed by atoms with Crippen LogP contribution in [0.2, 0.25) is 0 Å². The number of hydrogen-bond donors (Lipinski definition) is 1. The van der Waals surface area contributed by atoms with Crippen LogP contribution in [0.3, 0.4) is 0 Å². The molecule has 0 amide bonds. The number of nitrogens with two attached hydrogens (primary N) is 1. The van der Waals surface area contributed by atoms with Gasteiger partial charge in [-0.3, -0.25) is 0 Å². The molecule has 0 atom stereocenters. The molecule has 0 unspecified atom stereocenters. The lowest BCUT2D eigenvalue weighted by atomic mass is 10.1. The van der Waals surface area contributed by atoms with E-state index < -0.39 is 0 Å². The minimum absolute atomic E-state index is 0.215. The quantitative estimate of drug-likeness (QED) is 0.804. The highest BCUT2D eigenvalue weighted by atomic mass is 19.1. The van der Waals surface area contributed by atoms with Gasteiger partial charge < -0.3 is 10.5 Å². The first-order chi connectivity index (χ1) is 7.76. The number of halogens is 1. The van der Waals surface area contributed by atoms with Crippen molar-refractivity contribution >= 4 is 6.08 Å². The standard InChI is InChI=1S/C13H18FNO/c1-16-10-12(3-2-8-15)9-11-4-6-13(14)7-5-11/h4-7,9H,2-3,8,10,15H2,1H3/b12-9+. The van der Waals surface area contributed by atoms with Crippen molar-refractivity contribution in [2.24, 2.45) is 5.73 Å². The summed E-state index contributed by atoms with van der Waals surface area (Å²) in [6.07, 6.45) is 3.89. The van der Waals surface area contributed by atoms with Crippen LogP contribution in [0.1, 0.15) is 18.4 Å². The van der Waals surface area contributed by atoms with Gasteiger partial charge in [-0.15, -0.1) is 0 Å². The molecule has 0 fully saturated rings. The first-order valence-electron chi connectivity index (χ1n) is 5.40. The maximum atomic E-state index is 12.7. The molecule has 1 aromatic rings. The van der Waals surface area contributed by atoms with Crippen LogP contribution >= 0.6 is 0 Å². The van der Waals surface area contributed by atoms with Crippen LogP contribution in [0.5, 0.6) is 0 Å². The highest BCUT2D eigenvalue weighted by molar-refractivity contribution is 5.52. The number of rotatable bonds is 6. The lowest BCUT2D eigenvalue weighted by Gasteiger charge is -2.05. The maximum Gasteiger partial charge on any atom is 0.123 e. The smallest absolute Gasteiger partial charge is 0.123 e. The van der Waals surface area contributed by atoms with Crippen molar-refractivity contribution in [3.8, 4) is 0 Å². The van der Waals surface area contributed by atoms with Crippen molar-refractivity contribution in [3.05, 3.63) is 41.2 Å². The van der Waals surface area contributed by atoms with Crippen LogP contribution in [0.25, 0.3) is 6.08 Å². The summed E-state index contributed by atoms with van der Waals surface area (Å²) >= 11 is 0. The zero-order valence-corrected chi connectivity index (χ0v) is 9.58. The molecule has 0 aromatic heterocycles. The van der Waals surface area contributed by atoms with Gasteiger partial charge in [0.15, 0.2) is 0 Å². The van der Waals surface area contributed by atoms with E-state index in [1.165, 1.54) is 17.7 Å². The van der Waals surface area contributed by atoms with Crippen molar-refractivity contribution in [1.29, 1.82) is 0 Å². The molecule has 0 saturated heterocycles. The van der Waals surface area contributed by atoms with Crippen LogP contribution in [0.4, 0.5) is 4.39 Å². The van der Waals surface area contributed by atoms with E-state index in [0.717, 1.165) is 18.4 Å². The Kier molecular flexibility index (Phi) is 5.75. The number of ether oxygens (including phenoxy) is 1. The minimum Gasteiger partial charge on any atom is -0.380 e. The molecule has 3 heteroatoms. The highest BCUT2D eigenvalue weighted by Gasteiger charge is 1.98. The van der Waals surface area contributed by atoms with Crippen LogP contribution in [-0.2, 0) is 4.74 Å². The Labute approximate surface area is 95.9 Å². The Hall–Kier alpha value is -1.19. The highest BCUT2D eigenvalue weighted by Crippen LogP contribution is 2.12. The Balaban J connectivity index is 2.71. The Morgan fingerprint density at radius 3 is 2.62 bits per heavy atom. The van der Waals surface area contributed by atoms with Crippen molar-refractivity contribution in [2.45, 2.75) is 12.8 Å². The first-order valence-corrected chi connectivity index (χ1v) is 5.40. The lowest BCUT2D eigenvalue weighted by molar-refractivity contribution is 0.223. The van der Waals surface area contributed by atoms with E-state index in [0.29, 0.717) is 13.2 Å². The molecule has 0 aliphatic carbocycles. The van der Waals surface area contributed by atoms with Gasteiger partial charge in [0.2, 0.25) is 0 Å². The van der Waals surface area contributed by atoms with E-state index >= 15 is 0 Å². The normalized spacial score (nSPS) is 11.8. The van der Waals surface area contributed by atoms with Crippen LogP contribution in [0.15, 0.2) is 29.8 Å². The largest absolute Gasteiger partial charge is 0.380 e. The molecule has 1 rings (SSSR count). The molecule has 1 aromatic carbocycles. The second kappa shape index (κ2) is 7.14. The third-order valence-electron chi connectivity index (χ3n) is 2.27. The van der Waals surface area contributed by atoms with E-state index in [4.69, 9.17) is 10.5 Å². The summed E-state index contributed by atoms with van der Waals surface area (Å²) in [4.78, 5) is 0. The average molecular weight is 223 g/mol. The molecule has 0 aliphatic heterocycles. The van der Waals surface area contributed by atoms with Crippen LogP contribution < -0.4 is 5.73 Å². The Bertz CT molecular complexity index is 332. The van der Waals surface area contributed by atoms with Gasteiger partial charge in [-0.05, 0) is 42.7 Å². The predicted octanol–water partition coefficient (Wildman–Crippen LogP) is 2.59. The van der Waals surface area contributed by atoms with Crippen LogP contribution in [-0.4, -0.2) is 20.3 Å². The molecule has 0 bridgehead atoms. The molecule has 0 aliphatic rings. The number of methoxy groups -OCH3 is 1. The molecule has 0 heterocycles. The van der Waals surface area contributed by atoms with Crippen molar-refractivity contribution < 1.29 is 9.13 Å². The number of benzene rings is 1. The van der Waals surface area contributed by atoms with E-state index in [9.17, 15) is 4.39 Å². The molecular weight excluding hydrogens is 205 g/mol. The summed E-state index contributed by atoms with van der Waals surface area (Å²) in [5.41, 5.74) is 7.64. The lowest BCUT2D eigenvalue weighted by Crippen LogP contribution is -2.01. The van der Waals surface area contributed by atoms with Crippen molar-refractivity contribution in [2.75, 3.05) is 20.3 Å². The summed E-state index contributed by atoms with van der Waals surface area (Å²) in [7, 11) is 1.67. The molecule has 0 spiro atoms. The van der Waals surface area contributed by atoms with Gasteiger partial charge in [0.1, 0.15) is 5.82 Å². The van der Waals surface area contributed by atoms with Gasteiger partial charge in [0.25, 0.3) is 0 Å². The molecular formula is C13H18FNO. The van der Waals surface area contributed by atoms with Crippen LogP contribution in [0, 0.1) is 5.82 Å². The summed E-state index contributed by atoms with van der Waals surface area (Å²) in [6.45, 7) is 1.27. The first kappa shape index (κ1) is 12.9. The third-order valence-corrected chi connectivity index (χ3v) is 2.27. The van der Waals surface area contributed by atoms with Gasteiger partial charge in [-0.2, -0.15) is 0 Å². The minimum atomic E-state index is -0.215. The zero-order valence-electron chi connectivity index (χ0n) is 9.58. The van der Waals surface area contributed by atoms with Crippen molar-refractivity contribution in [1.82, 2.24) is 0 Å². The molecule has 2 N–H and O–H groups in total. The van der Waals surface area contributed by atoms with Gasteiger partial charge in [0, 0.05) is 7.11 Å². The SMILES string of the molecule is COC/C(=C/c1ccc(F)cc1)CCCN. The second-order valence-electron chi connectivity index (χ2n) is 3.68. The third kappa shape index (κ3) is 4.55. The fraction of sp³-hybridized carbons (Fsp3) is 0.385. The molecule has 0 saturated carbocycles.